The van der Waals surface area contributed by atoms with Crippen LogP contribution in [0.4, 0.5) is 26.3 Å². The van der Waals surface area contributed by atoms with Gasteiger partial charge in [0, 0.05) is 50.1 Å². The Kier molecular flexibility index (Phi) is 10.5. The molecule has 0 aliphatic carbocycles. The predicted molar refractivity (Wildman–Crippen MR) is 143 cm³/mol. The molecule has 0 radical (unpaired) electrons. The van der Waals surface area contributed by atoms with Crippen LogP contribution < -0.4 is 16.0 Å². The Labute approximate surface area is 235 Å². The van der Waals surface area contributed by atoms with Crippen molar-refractivity contribution < 1.29 is 35.9 Å². The van der Waals surface area contributed by atoms with Gasteiger partial charge in [0.15, 0.2) is 0 Å². The van der Waals surface area contributed by atoms with Crippen molar-refractivity contribution >= 4 is 11.8 Å². The summed E-state index contributed by atoms with van der Waals surface area (Å²) in [7, 11) is 0. The second-order valence-electron chi connectivity index (χ2n) is 10.8. The molecule has 2 amide bonds. The van der Waals surface area contributed by atoms with E-state index in [-0.39, 0.29) is 30.0 Å². The van der Waals surface area contributed by atoms with Crippen LogP contribution >= 0.6 is 0 Å². The van der Waals surface area contributed by atoms with Crippen molar-refractivity contribution in [1.29, 1.82) is 0 Å². The van der Waals surface area contributed by atoms with E-state index in [9.17, 15) is 35.9 Å². The van der Waals surface area contributed by atoms with Crippen LogP contribution in [0.2, 0.25) is 0 Å². The second kappa shape index (κ2) is 13.2. The van der Waals surface area contributed by atoms with E-state index in [1.807, 2.05) is 55.6 Å². The second-order valence-corrected chi connectivity index (χ2v) is 10.8. The lowest BCUT2D eigenvalue weighted by Crippen LogP contribution is -2.62. The Balaban J connectivity index is 0.000000278. The molecule has 2 aliphatic heterocycles. The first kappa shape index (κ1) is 32.4. The molecular formula is C29H36F6N4O2. The van der Waals surface area contributed by atoms with E-state index in [4.69, 9.17) is 0 Å². The molecule has 0 atom stereocenters. The van der Waals surface area contributed by atoms with Crippen molar-refractivity contribution in [3.8, 4) is 0 Å². The summed E-state index contributed by atoms with van der Waals surface area (Å²) in [6.45, 7) is 6.59. The molecule has 0 bridgehead atoms. The maximum absolute atomic E-state index is 12.5. The van der Waals surface area contributed by atoms with E-state index in [0.717, 1.165) is 17.5 Å². The molecule has 3 N–H and O–H groups in total. The van der Waals surface area contributed by atoms with E-state index < -0.39 is 24.2 Å². The number of alkyl halides is 6. The van der Waals surface area contributed by atoms with Gasteiger partial charge in [0.2, 0.25) is 0 Å². The Morgan fingerprint density at radius 3 is 1.46 bits per heavy atom. The number of amides is 2. The number of benzene rings is 2. The largest absolute Gasteiger partial charge is 0.471 e. The Hall–Kier alpha value is -3.12. The van der Waals surface area contributed by atoms with Gasteiger partial charge < -0.3 is 16.0 Å². The quantitative estimate of drug-likeness (QED) is 0.368. The normalized spacial score (nSPS) is 17.9. The highest BCUT2D eigenvalue weighted by Crippen LogP contribution is 2.41. The molecule has 12 heteroatoms. The molecular weight excluding hydrogens is 550 g/mol. The van der Waals surface area contributed by atoms with Crippen molar-refractivity contribution in [2.24, 2.45) is 10.8 Å². The van der Waals surface area contributed by atoms with Gasteiger partial charge >= 0.3 is 24.2 Å². The number of carbonyl (C=O) groups excluding carboxylic acids is 2. The summed E-state index contributed by atoms with van der Waals surface area (Å²) >= 11 is 0. The average molecular weight is 587 g/mol. The maximum Gasteiger partial charge on any atom is 0.471 e. The first-order valence-corrected chi connectivity index (χ1v) is 13.5. The monoisotopic (exact) mass is 586 g/mol. The standard InChI is InChI=1S/C21H23F3N2O.C8H13F3N2O/c1-2-20(13-25-19(27)21(22,23)24)14-26(15-20)18(16-9-5-3-6-10-16)17-11-7-4-8-12-17;1-2-7(3-12-4-7)5-13-6(14)8(9,10)11/h3-12,18H,2,13-15H2,1H3,(H,25,27);12H,2-5H2,1H3,(H,13,14). The zero-order valence-corrected chi connectivity index (χ0v) is 23.0. The highest BCUT2D eigenvalue weighted by Gasteiger charge is 2.47. The molecule has 0 unspecified atom stereocenters. The van der Waals surface area contributed by atoms with Crippen molar-refractivity contribution in [2.75, 3.05) is 39.3 Å². The number of nitrogens with zero attached hydrogens (tertiary/aromatic N) is 1. The SMILES string of the molecule is CCC1(CNC(=O)C(F)(F)F)CN(C(c2ccccc2)c2ccccc2)C1.CCC1(CNC(=O)C(F)(F)F)CNC1. The summed E-state index contributed by atoms with van der Waals surface area (Å²) in [6.07, 6.45) is -8.14. The third-order valence-electron chi connectivity index (χ3n) is 7.94. The Morgan fingerprint density at radius 2 is 1.15 bits per heavy atom. The lowest BCUT2D eigenvalue weighted by atomic mass is 9.75. The van der Waals surface area contributed by atoms with E-state index in [0.29, 0.717) is 32.6 Å². The highest BCUT2D eigenvalue weighted by molar-refractivity contribution is 5.82. The van der Waals surface area contributed by atoms with Crippen LogP contribution in [0.3, 0.4) is 0 Å². The summed E-state index contributed by atoms with van der Waals surface area (Å²) in [4.78, 5) is 23.9. The van der Waals surface area contributed by atoms with Crippen LogP contribution in [-0.2, 0) is 9.59 Å². The number of halogens is 6. The minimum atomic E-state index is -4.84. The van der Waals surface area contributed by atoms with Gasteiger partial charge in [-0.3, -0.25) is 14.5 Å². The number of rotatable bonds is 9. The van der Waals surface area contributed by atoms with E-state index in [2.05, 4.69) is 39.8 Å². The number of likely N-dealkylation sites (tertiary alicyclic amines) is 1. The van der Waals surface area contributed by atoms with Crippen molar-refractivity contribution in [1.82, 2.24) is 20.9 Å². The molecule has 0 spiro atoms. The Bertz CT molecular complexity index is 1090. The lowest BCUT2D eigenvalue weighted by molar-refractivity contribution is -0.174. The minimum absolute atomic E-state index is 0.0364. The number of carbonyl (C=O) groups is 2. The number of hydrogen-bond donors (Lipinski definition) is 3. The van der Waals surface area contributed by atoms with Crippen molar-refractivity contribution in [2.45, 2.75) is 45.1 Å². The summed E-state index contributed by atoms with van der Waals surface area (Å²) in [5, 5.41) is 6.96. The van der Waals surface area contributed by atoms with Crippen molar-refractivity contribution in [3.63, 3.8) is 0 Å². The zero-order valence-electron chi connectivity index (χ0n) is 23.0. The van der Waals surface area contributed by atoms with Gasteiger partial charge in [0.25, 0.3) is 0 Å². The summed E-state index contributed by atoms with van der Waals surface area (Å²) in [5.74, 6) is -3.71. The van der Waals surface area contributed by atoms with E-state index in [1.165, 1.54) is 0 Å². The van der Waals surface area contributed by atoms with E-state index >= 15 is 0 Å². The molecule has 2 aromatic rings. The summed E-state index contributed by atoms with van der Waals surface area (Å²) in [6, 6.07) is 20.2. The molecule has 2 heterocycles. The van der Waals surface area contributed by atoms with Gasteiger partial charge in [-0.15, -0.1) is 0 Å². The fraction of sp³-hybridized carbons (Fsp3) is 0.517. The third-order valence-corrected chi connectivity index (χ3v) is 7.94. The molecule has 2 fully saturated rings. The van der Waals surface area contributed by atoms with Gasteiger partial charge in [0.05, 0.1) is 6.04 Å². The minimum Gasteiger partial charge on any atom is -0.348 e. The van der Waals surface area contributed by atoms with Gasteiger partial charge in [-0.2, -0.15) is 26.3 Å². The average Bonchev–Trinajstić information content (AvgIpc) is 2.89. The molecule has 2 aromatic carbocycles. The van der Waals surface area contributed by atoms with Crippen LogP contribution in [0.25, 0.3) is 0 Å². The first-order valence-electron chi connectivity index (χ1n) is 13.5. The predicted octanol–water partition coefficient (Wildman–Crippen LogP) is 4.83. The van der Waals surface area contributed by atoms with Crippen LogP contribution in [0.5, 0.6) is 0 Å². The molecule has 2 aliphatic rings. The molecule has 226 valence electrons. The van der Waals surface area contributed by atoms with Crippen LogP contribution in [0, 0.1) is 10.8 Å². The topological polar surface area (TPSA) is 73.5 Å². The first-order chi connectivity index (χ1) is 19.2. The van der Waals surface area contributed by atoms with Crippen LogP contribution in [-0.4, -0.2) is 68.3 Å². The molecule has 4 rings (SSSR count). The van der Waals surface area contributed by atoms with Crippen molar-refractivity contribution in [3.05, 3.63) is 71.8 Å². The number of nitrogens with one attached hydrogen (secondary N) is 3. The molecule has 2 saturated heterocycles. The molecule has 6 nitrogen and oxygen atoms in total. The van der Waals surface area contributed by atoms with Gasteiger partial charge in [-0.25, -0.2) is 0 Å². The summed E-state index contributed by atoms with van der Waals surface area (Å²) in [5.41, 5.74) is 1.78. The smallest absolute Gasteiger partial charge is 0.348 e. The van der Waals surface area contributed by atoms with Gasteiger partial charge in [-0.1, -0.05) is 74.5 Å². The fourth-order valence-corrected chi connectivity index (χ4v) is 5.06. The molecule has 41 heavy (non-hydrogen) atoms. The zero-order chi connectivity index (χ0) is 30.3. The van der Waals surface area contributed by atoms with Crippen LogP contribution in [0.15, 0.2) is 60.7 Å². The summed E-state index contributed by atoms with van der Waals surface area (Å²) < 4.78 is 72.9. The van der Waals surface area contributed by atoms with Gasteiger partial charge in [0.1, 0.15) is 0 Å². The highest BCUT2D eigenvalue weighted by atomic mass is 19.4. The lowest BCUT2D eigenvalue weighted by Gasteiger charge is -2.53. The number of hydrogen-bond acceptors (Lipinski definition) is 4. The fourth-order valence-electron chi connectivity index (χ4n) is 5.06. The van der Waals surface area contributed by atoms with Crippen LogP contribution in [0.1, 0.15) is 43.9 Å². The van der Waals surface area contributed by atoms with E-state index in [1.54, 1.807) is 0 Å². The Morgan fingerprint density at radius 1 is 0.756 bits per heavy atom. The maximum atomic E-state index is 12.5. The third kappa shape index (κ3) is 8.45. The van der Waals surface area contributed by atoms with Gasteiger partial charge in [-0.05, 0) is 24.0 Å². The molecule has 0 aromatic heterocycles. The molecule has 0 saturated carbocycles.